The molecule has 0 fully saturated rings. The molecule has 2 heterocycles. The van der Waals surface area contributed by atoms with E-state index in [-0.39, 0.29) is 5.91 Å². The van der Waals surface area contributed by atoms with Crippen molar-refractivity contribution in [2.24, 2.45) is 0 Å². The summed E-state index contributed by atoms with van der Waals surface area (Å²) in [5.41, 5.74) is 2.16. The minimum Gasteiger partial charge on any atom is -0.360 e. The van der Waals surface area contributed by atoms with Crippen LogP contribution in [0.4, 0.5) is 0 Å². The number of carbonyl (C=O) groups is 1. The van der Waals surface area contributed by atoms with Gasteiger partial charge < -0.3 is 10.3 Å². The van der Waals surface area contributed by atoms with Gasteiger partial charge in [-0.2, -0.15) is 0 Å². The number of carbonyl (C=O) groups excluding carboxylic acids is 1. The molecule has 0 saturated carbocycles. The van der Waals surface area contributed by atoms with E-state index in [0.29, 0.717) is 19.4 Å². The van der Waals surface area contributed by atoms with Crippen molar-refractivity contribution in [2.75, 3.05) is 12.3 Å². The maximum absolute atomic E-state index is 12.1. The molecule has 2 aromatic heterocycles. The number of amides is 1. The molecule has 0 aliphatic heterocycles. The van der Waals surface area contributed by atoms with Crippen LogP contribution in [0.3, 0.4) is 0 Å². The van der Waals surface area contributed by atoms with Crippen LogP contribution in [-0.2, 0) is 11.2 Å². The van der Waals surface area contributed by atoms with Gasteiger partial charge in [-0.15, -0.1) is 23.1 Å². The zero-order valence-corrected chi connectivity index (χ0v) is 15.8. The number of fused-ring (bicyclic) bond motifs is 2. The smallest absolute Gasteiger partial charge is 0.220 e. The first-order valence-electron chi connectivity index (χ1n) is 8.60. The molecule has 132 valence electrons. The van der Waals surface area contributed by atoms with Gasteiger partial charge in [0.1, 0.15) is 0 Å². The average Bonchev–Trinajstić information content (AvgIpc) is 3.27. The van der Waals surface area contributed by atoms with Crippen LogP contribution in [0, 0.1) is 0 Å². The predicted molar refractivity (Wildman–Crippen MR) is 110 cm³/mol. The van der Waals surface area contributed by atoms with Crippen molar-refractivity contribution < 1.29 is 4.79 Å². The van der Waals surface area contributed by atoms with Gasteiger partial charge in [-0.25, -0.2) is 4.98 Å². The van der Waals surface area contributed by atoms with Crippen molar-refractivity contribution in [1.82, 2.24) is 15.3 Å². The Kier molecular flexibility index (Phi) is 5.22. The van der Waals surface area contributed by atoms with Gasteiger partial charge in [0.05, 0.1) is 15.2 Å². The summed E-state index contributed by atoms with van der Waals surface area (Å²) >= 11 is 3.43. The number of nitrogens with one attached hydrogen (secondary N) is 2. The molecule has 0 aliphatic carbocycles. The molecular weight excluding hydrogens is 362 g/mol. The van der Waals surface area contributed by atoms with E-state index in [4.69, 9.17) is 0 Å². The Balaban J connectivity index is 1.21. The highest BCUT2D eigenvalue weighted by Gasteiger charge is 2.07. The minimum absolute atomic E-state index is 0.0868. The Hall–Kier alpha value is -2.31. The highest BCUT2D eigenvalue weighted by atomic mass is 32.2. The van der Waals surface area contributed by atoms with Gasteiger partial charge in [0.2, 0.25) is 5.91 Å². The van der Waals surface area contributed by atoms with E-state index in [0.717, 1.165) is 21.8 Å². The SMILES string of the molecule is O=C(CCc1nc2ccccc2s1)NCCSc1c[nH]c2ccccc12. The summed E-state index contributed by atoms with van der Waals surface area (Å²) in [5.74, 6) is 0.943. The third-order valence-corrected chi connectivity index (χ3v) is 6.29. The van der Waals surface area contributed by atoms with Crippen LogP contribution in [0.25, 0.3) is 21.1 Å². The first kappa shape index (κ1) is 17.1. The van der Waals surface area contributed by atoms with Crippen molar-refractivity contribution in [3.63, 3.8) is 0 Å². The average molecular weight is 382 g/mol. The Labute approximate surface area is 160 Å². The number of nitrogens with zero attached hydrogens (tertiary/aromatic N) is 1. The second-order valence-electron chi connectivity index (χ2n) is 5.97. The van der Waals surface area contributed by atoms with Crippen molar-refractivity contribution in [2.45, 2.75) is 17.7 Å². The van der Waals surface area contributed by atoms with Gasteiger partial charge in [0.25, 0.3) is 0 Å². The number of thiazole rings is 1. The van der Waals surface area contributed by atoms with Gasteiger partial charge in [0.15, 0.2) is 0 Å². The van der Waals surface area contributed by atoms with E-state index in [1.807, 2.05) is 36.5 Å². The fraction of sp³-hybridized carbons (Fsp3) is 0.200. The van der Waals surface area contributed by atoms with Crippen LogP contribution in [0.1, 0.15) is 11.4 Å². The second-order valence-corrected chi connectivity index (χ2v) is 8.22. The summed E-state index contributed by atoms with van der Waals surface area (Å²) in [7, 11) is 0. The van der Waals surface area contributed by atoms with Gasteiger partial charge in [-0.05, 0) is 18.2 Å². The summed E-state index contributed by atoms with van der Waals surface area (Å²) in [4.78, 5) is 21.1. The molecule has 26 heavy (non-hydrogen) atoms. The molecular formula is C20H19N3OS2. The highest BCUT2D eigenvalue weighted by molar-refractivity contribution is 7.99. The second kappa shape index (κ2) is 7.93. The number of H-pyrrole nitrogens is 1. The lowest BCUT2D eigenvalue weighted by Gasteiger charge is -2.04. The molecule has 0 bridgehead atoms. The lowest BCUT2D eigenvalue weighted by atomic mass is 10.2. The Morgan fingerprint density at radius 3 is 2.92 bits per heavy atom. The molecule has 0 atom stereocenters. The monoisotopic (exact) mass is 381 g/mol. The number of aryl methyl sites for hydroxylation is 1. The lowest BCUT2D eigenvalue weighted by molar-refractivity contribution is -0.120. The van der Waals surface area contributed by atoms with Crippen LogP contribution in [-0.4, -0.2) is 28.2 Å². The molecule has 4 rings (SSSR count). The zero-order valence-electron chi connectivity index (χ0n) is 14.2. The quantitative estimate of drug-likeness (QED) is 0.363. The largest absolute Gasteiger partial charge is 0.360 e. The number of hydrogen-bond donors (Lipinski definition) is 2. The first-order chi connectivity index (χ1) is 12.8. The number of para-hydroxylation sites is 2. The molecule has 0 saturated heterocycles. The van der Waals surface area contributed by atoms with E-state index in [2.05, 4.69) is 33.5 Å². The number of thioether (sulfide) groups is 1. The van der Waals surface area contributed by atoms with E-state index < -0.39 is 0 Å². The summed E-state index contributed by atoms with van der Waals surface area (Å²) in [6.45, 7) is 0.669. The molecule has 0 radical (unpaired) electrons. The number of rotatable bonds is 7. The van der Waals surface area contributed by atoms with Crippen LogP contribution >= 0.6 is 23.1 Å². The van der Waals surface area contributed by atoms with E-state index >= 15 is 0 Å². The highest BCUT2D eigenvalue weighted by Crippen LogP contribution is 2.27. The van der Waals surface area contributed by atoms with E-state index in [1.165, 1.54) is 15.0 Å². The topological polar surface area (TPSA) is 57.8 Å². The molecule has 0 unspecified atom stereocenters. The van der Waals surface area contributed by atoms with Crippen LogP contribution < -0.4 is 5.32 Å². The molecule has 4 nitrogen and oxygen atoms in total. The molecule has 2 aromatic carbocycles. The number of aromatic amines is 1. The van der Waals surface area contributed by atoms with Crippen molar-refractivity contribution in [3.05, 3.63) is 59.7 Å². The van der Waals surface area contributed by atoms with Gasteiger partial charge in [-0.3, -0.25) is 4.79 Å². The Morgan fingerprint density at radius 2 is 2.00 bits per heavy atom. The molecule has 0 aliphatic rings. The van der Waals surface area contributed by atoms with Crippen LogP contribution in [0.2, 0.25) is 0 Å². The van der Waals surface area contributed by atoms with Crippen molar-refractivity contribution in [3.8, 4) is 0 Å². The molecule has 0 spiro atoms. The minimum atomic E-state index is 0.0868. The van der Waals surface area contributed by atoms with Crippen LogP contribution in [0.5, 0.6) is 0 Å². The first-order valence-corrected chi connectivity index (χ1v) is 10.4. The number of benzene rings is 2. The Morgan fingerprint density at radius 1 is 1.15 bits per heavy atom. The maximum Gasteiger partial charge on any atom is 0.220 e. The summed E-state index contributed by atoms with van der Waals surface area (Å²) < 4.78 is 1.18. The molecule has 2 N–H and O–H groups in total. The molecule has 4 aromatic rings. The lowest BCUT2D eigenvalue weighted by Crippen LogP contribution is -2.25. The van der Waals surface area contributed by atoms with Crippen LogP contribution in [0.15, 0.2) is 59.6 Å². The van der Waals surface area contributed by atoms with Gasteiger partial charge in [0, 0.05) is 47.1 Å². The maximum atomic E-state index is 12.1. The van der Waals surface area contributed by atoms with Crippen molar-refractivity contribution in [1.29, 1.82) is 0 Å². The fourth-order valence-corrected chi connectivity index (χ4v) is 4.72. The fourth-order valence-electron chi connectivity index (χ4n) is 2.85. The number of aromatic nitrogens is 2. The summed E-state index contributed by atoms with van der Waals surface area (Å²) in [6.07, 6.45) is 3.21. The summed E-state index contributed by atoms with van der Waals surface area (Å²) in [6, 6.07) is 16.3. The third kappa shape index (κ3) is 3.92. The standard InChI is InChI=1S/C20H19N3OS2/c24-19(9-10-20-23-16-7-3-4-8-17(16)26-20)21-11-12-25-18-13-22-15-6-2-1-5-14(15)18/h1-8,13,22H,9-12H2,(H,21,24). The molecule has 6 heteroatoms. The number of hydrogen-bond acceptors (Lipinski definition) is 4. The van der Waals surface area contributed by atoms with E-state index in [9.17, 15) is 4.79 Å². The van der Waals surface area contributed by atoms with E-state index in [1.54, 1.807) is 23.1 Å². The Bertz CT molecular complexity index is 1000. The summed E-state index contributed by atoms with van der Waals surface area (Å²) in [5, 5.41) is 5.26. The zero-order chi connectivity index (χ0) is 17.8. The normalized spacial score (nSPS) is 11.2. The molecule has 1 amide bonds. The third-order valence-electron chi connectivity index (χ3n) is 4.14. The van der Waals surface area contributed by atoms with Crippen molar-refractivity contribution >= 4 is 50.1 Å². The van der Waals surface area contributed by atoms with Gasteiger partial charge in [-0.1, -0.05) is 30.3 Å². The van der Waals surface area contributed by atoms with Gasteiger partial charge >= 0.3 is 0 Å². The predicted octanol–water partition coefficient (Wildman–Crippen LogP) is 4.62.